The largest absolute Gasteiger partial charge is 0.382 e. The van der Waals surface area contributed by atoms with Gasteiger partial charge < -0.3 is 5.11 Å². The smallest absolute Gasteiger partial charge is 0.125 e. The Balaban J connectivity index is 2.37. The van der Waals surface area contributed by atoms with Crippen LogP contribution in [-0.2, 0) is 0 Å². The molecular formula is C9H7ClN2OS. The second-order valence-corrected chi connectivity index (χ2v) is 3.77. The molecule has 0 radical (unpaired) electrons. The number of hydrogen-bond acceptors (Lipinski definition) is 4. The molecule has 0 saturated heterocycles. The van der Waals surface area contributed by atoms with Crippen LogP contribution in [-0.4, -0.2) is 14.7 Å². The lowest BCUT2D eigenvalue weighted by molar-refractivity contribution is 0.215. The van der Waals surface area contributed by atoms with Crippen molar-refractivity contribution in [1.82, 2.24) is 9.59 Å². The zero-order chi connectivity index (χ0) is 9.97. The van der Waals surface area contributed by atoms with Gasteiger partial charge in [0, 0.05) is 16.0 Å². The highest BCUT2D eigenvalue weighted by atomic mass is 35.5. The van der Waals surface area contributed by atoms with E-state index in [9.17, 15) is 5.11 Å². The minimum Gasteiger partial charge on any atom is -0.382 e. The normalized spacial score (nSPS) is 12.7. The summed E-state index contributed by atoms with van der Waals surface area (Å²) in [6.07, 6.45) is -0.789. The van der Waals surface area contributed by atoms with E-state index in [0.717, 1.165) is 0 Å². The van der Waals surface area contributed by atoms with Gasteiger partial charge in [-0.15, -0.1) is 5.10 Å². The maximum atomic E-state index is 9.88. The summed E-state index contributed by atoms with van der Waals surface area (Å²) in [4.78, 5) is 0. The van der Waals surface area contributed by atoms with Gasteiger partial charge in [0.15, 0.2) is 0 Å². The summed E-state index contributed by atoms with van der Waals surface area (Å²) >= 11 is 7.14. The minimum atomic E-state index is -0.789. The van der Waals surface area contributed by atoms with E-state index in [1.165, 1.54) is 11.5 Å². The molecule has 2 aromatic rings. The van der Waals surface area contributed by atoms with Gasteiger partial charge in [0.05, 0.1) is 0 Å². The van der Waals surface area contributed by atoms with Crippen molar-refractivity contribution in [3.8, 4) is 0 Å². The topological polar surface area (TPSA) is 46.0 Å². The van der Waals surface area contributed by atoms with Gasteiger partial charge in [-0.3, -0.25) is 0 Å². The summed E-state index contributed by atoms with van der Waals surface area (Å²) in [7, 11) is 0. The van der Waals surface area contributed by atoms with E-state index >= 15 is 0 Å². The maximum Gasteiger partial charge on any atom is 0.125 e. The van der Waals surface area contributed by atoms with Crippen LogP contribution in [0.3, 0.4) is 0 Å². The number of nitrogens with zero attached hydrogens (tertiary/aromatic N) is 2. The number of benzene rings is 1. The average Bonchev–Trinajstić information content (AvgIpc) is 2.70. The van der Waals surface area contributed by atoms with Crippen LogP contribution >= 0.6 is 23.1 Å². The summed E-state index contributed by atoms with van der Waals surface area (Å²) < 4.78 is 3.69. The van der Waals surface area contributed by atoms with Crippen LogP contribution < -0.4 is 0 Å². The molecule has 0 fully saturated rings. The molecular weight excluding hydrogens is 220 g/mol. The molecule has 2 rings (SSSR count). The Bertz CT molecular complexity index is 419. The molecule has 0 saturated carbocycles. The van der Waals surface area contributed by atoms with Crippen molar-refractivity contribution in [3.63, 3.8) is 0 Å². The first-order valence-electron chi connectivity index (χ1n) is 3.98. The SMILES string of the molecule is OC(c1csnn1)c1ccccc1Cl. The standard InChI is InChI=1S/C9H7ClN2OS/c10-7-4-2-1-3-6(7)9(13)8-5-14-12-11-8/h1-5,9,13H. The third-order valence-corrected chi connectivity index (χ3v) is 2.72. The molecule has 0 amide bonds. The van der Waals surface area contributed by atoms with E-state index in [1.807, 2.05) is 12.1 Å². The third-order valence-electron chi connectivity index (χ3n) is 1.86. The average molecular weight is 227 g/mol. The highest BCUT2D eigenvalue weighted by molar-refractivity contribution is 7.03. The van der Waals surface area contributed by atoms with Crippen molar-refractivity contribution in [1.29, 1.82) is 0 Å². The molecule has 1 heterocycles. The van der Waals surface area contributed by atoms with Crippen molar-refractivity contribution < 1.29 is 5.11 Å². The van der Waals surface area contributed by atoms with Crippen LogP contribution in [0.5, 0.6) is 0 Å². The first-order valence-corrected chi connectivity index (χ1v) is 5.20. The Labute approximate surface area is 90.1 Å². The number of halogens is 1. The van der Waals surface area contributed by atoms with E-state index < -0.39 is 6.10 Å². The minimum absolute atomic E-state index is 0.531. The summed E-state index contributed by atoms with van der Waals surface area (Å²) in [5.74, 6) is 0. The Hall–Kier alpha value is -0.970. The molecule has 1 aromatic heterocycles. The number of hydrogen-bond donors (Lipinski definition) is 1. The fourth-order valence-corrected chi connectivity index (χ4v) is 1.86. The van der Waals surface area contributed by atoms with Crippen LogP contribution in [0.2, 0.25) is 5.02 Å². The van der Waals surface area contributed by atoms with Gasteiger partial charge in [-0.2, -0.15) is 0 Å². The number of aromatic nitrogens is 2. The molecule has 1 atom stereocenters. The predicted octanol–water partition coefficient (Wildman–Crippen LogP) is 2.27. The Morgan fingerprint density at radius 2 is 2.14 bits per heavy atom. The maximum absolute atomic E-state index is 9.88. The monoisotopic (exact) mass is 226 g/mol. The number of rotatable bonds is 2. The molecule has 5 heteroatoms. The van der Waals surface area contributed by atoms with E-state index in [4.69, 9.17) is 11.6 Å². The summed E-state index contributed by atoms with van der Waals surface area (Å²) in [5.41, 5.74) is 1.19. The van der Waals surface area contributed by atoms with E-state index in [1.54, 1.807) is 17.5 Å². The molecule has 3 nitrogen and oxygen atoms in total. The second-order valence-electron chi connectivity index (χ2n) is 2.75. The fourth-order valence-electron chi connectivity index (χ4n) is 1.15. The molecule has 1 aromatic carbocycles. The van der Waals surface area contributed by atoms with Gasteiger partial charge in [0.25, 0.3) is 0 Å². The second kappa shape index (κ2) is 4.04. The number of aliphatic hydroxyl groups excluding tert-OH is 1. The summed E-state index contributed by atoms with van der Waals surface area (Å²) in [6.45, 7) is 0. The summed E-state index contributed by atoms with van der Waals surface area (Å²) in [5, 5.41) is 15.9. The van der Waals surface area contributed by atoms with E-state index in [2.05, 4.69) is 9.59 Å². The first-order chi connectivity index (χ1) is 6.79. The van der Waals surface area contributed by atoms with Crippen molar-refractivity contribution >= 4 is 23.1 Å². The molecule has 0 aliphatic carbocycles. The zero-order valence-corrected chi connectivity index (χ0v) is 8.66. The lowest BCUT2D eigenvalue weighted by atomic mass is 10.1. The predicted molar refractivity (Wildman–Crippen MR) is 55.4 cm³/mol. The van der Waals surface area contributed by atoms with Gasteiger partial charge in [-0.1, -0.05) is 34.3 Å². The van der Waals surface area contributed by atoms with Gasteiger partial charge in [-0.25, -0.2) is 0 Å². The third kappa shape index (κ3) is 1.77. The number of aliphatic hydroxyl groups is 1. The Morgan fingerprint density at radius 3 is 2.79 bits per heavy atom. The van der Waals surface area contributed by atoms with Crippen molar-refractivity contribution in [3.05, 3.63) is 45.9 Å². The van der Waals surface area contributed by atoms with Crippen molar-refractivity contribution in [2.75, 3.05) is 0 Å². The lowest BCUT2D eigenvalue weighted by Crippen LogP contribution is -2.00. The molecule has 0 aliphatic rings. The molecule has 1 unspecified atom stereocenters. The van der Waals surface area contributed by atoms with Gasteiger partial charge in [0.2, 0.25) is 0 Å². The van der Waals surface area contributed by atoms with Crippen LogP contribution in [0.15, 0.2) is 29.6 Å². The van der Waals surface area contributed by atoms with Gasteiger partial charge in [-0.05, 0) is 17.6 Å². The van der Waals surface area contributed by atoms with Crippen LogP contribution in [0.1, 0.15) is 17.4 Å². The quantitative estimate of drug-likeness (QED) is 0.855. The first kappa shape index (κ1) is 9.58. The summed E-state index contributed by atoms with van der Waals surface area (Å²) in [6, 6.07) is 7.15. The Morgan fingerprint density at radius 1 is 1.36 bits per heavy atom. The molecule has 0 spiro atoms. The molecule has 72 valence electrons. The molecule has 0 bridgehead atoms. The highest BCUT2D eigenvalue weighted by Gasteiger charge is 2.15. The van der Waals surface area contributed by atoms with Crippen LogP contribution in [0.25, 0.3) is 0 Å². The van der Waals surface area contributed by atoms with Gasteiger partial charge >= 0.3 is 0 Å². The van der Waals surface area contributed by atoms with Crippen molar-refractivity contribution in [2.24, 2.45) is 0 Å². The van der Waals surface area contributed by atoms with Gasteiger partial charge in [0.1, 0.15) is 11.8 Å². The van der Waals surface area contributed by atoms with Crippen LogP contribution in [0, 0.1) is 0 Å². The molecule has 14 heavy (non-hydrogen) atoms. The fraction of sp³-hybridized carbons (Fsp3) is 0.111. The van der Waals surface area contributed by atoms with E-state index in [0.29, 0.717) is 16.3 Å². The zero-order valence-electron chi connectivity index (χ0n) is 7.09. The molecule has 0 aliphatic heterocycles. The molecule has 1 N–H and O–H groups in total. The van der Waals surface area contributed by atoms with Crippen molar-refractivity contribution in [2.45, 2.75) is 6.10 Å². The van der Waals surface area contributed by atoms with E-state index in [-0.39, 0.29) is 0 Å². The lowest BCUT2D eigenvalue weighted by Gasteiger charge is -2.08. The highest BCUT2D eigenvalue weighted by Crippen LogP contribution is 2.26. The van der Waals surface area contributed by atoms with Crippen LogP contribution in [0.4, 0.5) is 0 Å². The Kier molecular flexibility index (Phi) is 2.77.